The average Bonchev–Trinajstić information content (AvgIpc) is 2.53. The van der Waals surface area contributed by atoms with E-state index in [2.05, 4.69) is 0 Å². The number of rotatable bonds is 1. The molecule has 12 heavy (non-hydrogen) atoms. The van der Waals surface area contributed by atoms with Crippen LogP contribution in [0.3, 0.4) is 0 Å². The number of aldehydes is 1. The van der Waals surface area contributed by atoms with Gasteiger partial charge in [0.1, 0.15) is 0 Å². The van der Waals surface area contributed by atoms with Crippen LogP contribution in [0.5, 0.6) is 0 Å². The standard InChI is InChI=1S/C9H5FOS/c10-8-7(5-11)2-1-6-3-4-12-9(6)8/h1-5H. The monoisotopic (exact) mass is 180 g/mol. The minimum absolute atomic E-state index is 0.130. The summed E-state index contributed by atoms with van der Waals surface area (Å²) in [4.78, 5) is 10.4. The van der Waals surface area contributed by atoms with Crippen molar-refractivity contribution in [1.82, 2.24) is 0 Å². The van der Waals surface area contributed by atoms with Gasteiger partial charge in [-0.3, -0.25) is 4.79 Å². The first-order chi connectivity index (χ1) is 5.83. The van der Waals surface area contributed by atoms with Crippen molar-refractivity contribution in [1.29, 1.82) is 0 Å². The van der Waals surface area contributed by atoms with E-state index in [0.29, 0.717) is 11.0 Å². The quantitative estimate of drug-likeness (QED) is 0.617. The van der Waals surface area contributed by atoms with Crippen molar-refractivity contribution in [3.8, 4) is 0 Å². The van der Waals surface area contributed by atoms with Crippen LogP contribution >= 0.6 is 11.3 Å². The number of halogens is 1. The van der Waals surface area contributed by atoms with Gasteiger partial charge in [-0.05, 0) is 22.9 Å². The van der Waals surface area contributed by atoms with Crippen molar-refractivity contribution >= 4 is 27.7 Å². The molecule has 2 aromatic rings. The van der Waals surface area contributed by atoms with Crippen LogP contribution in [0, 0.1) is 5.82 Å². The van der Waals surface area contributed by atoms with Gasteiger partial charge >= 0.3 is 0 Å². The molecular formula is C9H5FOS. The van der Waals surface area contributed by atoms with Gasteiger partial charge in [-0.1, -0.05) is 6.07 Å². The van der Waals surface area contributed by atoms with Crippen molar-refractivity contribution in [3.05, 3.63) is 35.0 Å². The molecule has 2 rings (SSSR count). The van der Waals surface area contributed by atoms with E-state index in [4.69, 9.17) is 0 Å². The highest BCUT2D eigenvalue weighted by Crippen LogP contribution is 2.25. The molecular weight excluding hydrogens is 175 g/mol. The van der Waals surface area contributed by atoms with E-state index in [1.807, 2.05) is 11.4 Å². The van der Waals surface area contributed by atoms with Crippen LogP contribution in [-0.2, 0) is 0 Å². The lowest BCUT2D eigenvalue weighted by atomic mass is 10.2. The van der Waals surface area contributed by atoms with Crippen molar-refractivity contribution < 1.29 is 9.18 Å². The van der Waals surface area contributed by atoms with Crippen LogP contribution in [0.25, 0.3) is 10.1 Å². The van der Waals surface area contributed by atoms with Gasteiger partial charge in [0.05, 0.1) is 10.3 Å². The van der Waals surface area contributed by atoms with Crippen molar-refractivity contribution in [3.63, 3.8) is 0 Å². The third-order valence-electron chi connectivity index (χ3n) is 1.72. The molecule has 0 radical (unpaired) electrons. The molecule has 0 fully saturated rings. The lowest BCUT2D eigenvalue weighted by Crippen LogP contribution is -1.85. The van der Waals surface area contributed by atoms with Gasteiger partial charge in [0.15, 0.2) is 12.1 Å². The zero-order valence-electron chi connectivity index (χ0n) is 6.08. The second-order valence-electron chi connectivity index (χ2n) is 2.43. The molecule has 0 atom stereocenters. The molecule has 1 aromatic heterocycles. The summed E-state index contributed by atoms with van der Waals surface area (Å²) in [6.07, 6.45) is 0.536. The summed E-state index contributed by atoms with van der Waals surface area (Å²) in [5, 5.41) is 2.66. The Hall–Kier alpha value is -1.22. The molecule has 0 spiro atoms. The number of fused-ring (bicyclic) bond motifs is 1. The topological polar surface area (TPSA) is 17.1 Å². The van der Waals surface area contributed by atoms with E-state index in [0.717, 1.165) is 5.39 Å². The molecule has 0 aliphatic carbocycles. The van der Waals surface area contributed by atoms with Gasteiger partial charge in [-0.15, -0.1) is 11.3 Å². The van der Waals surface area contributed by atoms with Gasteiger partial charge in [0, 0.05) is 0 Å². The van der Waals surface area contributed by atoms with E-state index < -0.39 is 5.82 Å². The molecule has 0 unspecified atom stereocenters. The molecule has 1 aromatic carbocycles. The molecule has 0 aliphatic heterocycles. The van der Waals surface area contributed by atoms with Gasteiger partial charge in [0.25, 0.3) is 0 Å². The van der Waals surface area contributed by atoms with Crippen molar-refractivity contribution in [2.45, 2.75) is 0 Å². The summed E-state index contributed by atoms with van der Waals surface area (Å²) < 4.78 is 13.8. The van der Waals surface area contributed by atoms with Crippen LogP contribution in [0.4, 0.5) is 4.39 Å². The Morgan fingerprint density at radius 1 is 1.33 bits per heavy atom. The molecule has 60 valence electrons. The Labute approximate surface area is 72.4 Å². The van der Waals surface area contributed by atoms with Gasteiger partial charge in [-0.2, -0.15) is 0 Å². The number of carbonyl (C=O) groups excluding carboxylic acids is 1. The third-order valence-corrected chi connectivity index (χ3v) is 2.64. The highest BCUT2D eigenvalue weighted by atomic mass is 32.1. The first-order valence-electron chi connectivity index (χ1n) is 3.44. The van der Waals surface area contributed by atoms with Crippen molar-refractivity contribution in [2.24, 2.45) is 0 Å². The number of hydrogen-bond acceptors (Lipinski definition) is 2. The number of hydrogen-bond donors (Lipinski definition) is 0. The highest BCUT2D eigenvalue weighted by molar-refractivity contribution is 7.17. The summed E-state index contributed by atoms with van der Waals surface area (Å²) in [6.45, 7) is 0. The zero-order chi connectivity index (χ0) is 8.55. The summed E-state index contributed by atoms with van der Waals surface area (Å²) in [5.41, 5.74) is 0.130. The lowest BCUT2D eigenvalue weighted by molar-refractivity contribution is 0.112. The summed E-state index contributed by atoms with van der Waals surface area (Å²) in [5.74, 6) is -0.405. The Balaban J connectivity index is 2.86. The Morgan fingerprint density at radius 2 is 2.17 bits per heavy atom. The Kier molecular flexibility index (Phi) is 1.66. The molecule has 0 N–H and O–H groups in total. The minimum atomic E-state index is -0.405. The fourth-order valence-corrected chi connectivity index (χ4v) is 1.95. The van der Waals surface area contributed by atoms with E-state index in [-0.39, 0.29) is 5.56 Å². The fourth-order valence-electron chi connectivity index (χ4n) is 1.10. The summed E-state index contributed by atoms with van der Waals surface area (Å²) in [6, 6.07) is 5.08. The number of thiophene rings is 1. The maximum Gasteiger partial charge on any atom is 0.153 e. The largest absolute Gasteiger partial charge is 0.298 e. The molecule has 0 bridgehead atoms. The van der Waals surface area contributed by atoms with Crippen LogP contribution < -0.4 is 0 Å². The Morgan fingerprint density at radius 3 is 2.92 bits per heavy atom. The SMILES string of the molecule is O=Cc1ccc2ccsc2c1F. The predicted octanol–water partition coefficient (Wildman–Crippen LogP) is 2.85. The van der Waals surface area contributed by atoms with Crippen molar-refractivity contribution in [2.75, 3.05) is 0 Å². The second-order valence-corrected chi connectivity index (χ2v) is 3.34. The minimum Gasteiger partial charge on any atom is -0.298 e. The molecule has 1 heterocycles. The zero-order valence-corrected chi connectivity index (χ0v) is 6.90. The maximum atomic E-state index is 13.3. The molecule has 0 amide bonds. The molecule has 3 heteroatoms. The molecule has 0 aliphatic rings. The van der Waals surface area contributed by atoms with Crippen LogP contribution in [0.15, 0.2) is 23.6 Å². The van der Waals surface area contributed by atoms with E-state index in [1.54, 1.807) is 6.07 Å². The average molecular weight is 180 g/mol. The van der Waals surface area contributed by atoms with Crippen LogP contribution in [-0.4, -0.2) is 6.29 Å². The first-order valence-corrected chi connectivity index (χ1v) is 4.32. The van der Waals surface area contributed by atoms with Crippen LogP contribution in [0.1, 0.15) is 10.4 Å². The van der Waals surface area contributed by atoms with Crippen LogP contribution in [0.2, 0.25) is 0 Å². The maximum absolute atomic E-state index is 13.3. The normalized spacial score (nSPS) is 10.4. The third kappa shape index (κ3) is 0.940. The first kappa shape index (κ1) is 7.43. The van der Waals surface area contributed by atoms with Gasteiger partial charge in [-0.25, -0.2) is 4.39 Å². The fraction of sp³-hybridized carbons (Fsp3) is 0. The Bertz CT molecular complexity index is 433. The van der Waals surface area contributed by atoms with E-state index in [1.165, 1.54) is 17.4 Å². The summed E-state index contributed by atoms with van der Waals surface area (Å²) >= 11 is 1.31. The molecule has 1 nitrogen and oxygen atoms in total. The highest BCUT2D eigenvalue weighted by Gasteiger charge is 2.06. The number of benzene rings is 1. The molecule has 0 saturated carbocycles. The van der Waals surface area contributed by atoms with Gasteiger partial charge < -0.3 is 0 Å². The lowest BCUT2D eigenvalue weighted by Gasteiger charge is -1.94. The van der Waals surface area contributed by atoms with Gasteiger partial charge in [0.2, 0.25) is 0 Å². The number of carbonyl (C=O) groups is 1. The second kappa shape index (κ2) is 2.68. The van der Waals surface area contributed by atoms with E-state index in [9.17, 15) is 9.18 Å². The van der Waals surface area contributed by atoms with E-state index >= 15 is 0 Å². The summed E-state index contributed by atoms with van der Waals surface area (Å²) in [7, 11) is 0. The smallest absolute Gasteiger partial charge is 0.153 e. The molecule has 0 saturated heterocycles. The predicted molar refractivity (Wildman–Crippen MR) is 47.2 cm³/mol.